The number of carbonyl (C=O) groups is 1. The number of hydrogen-bond donors (Lipinski definition) is 2. The quantitative estimate of drug-likeness (QED) is 0.734. The van der Waals surface area contributed by atoms with E-state index >= 15 is 0 Å². The van der Waals surface area contributed by atoms with Crippen LogP contribution >= 0.6 is 0 Å². The van der Waals surface area contributed by atoms with Gasteiger partial charge in [0.15, 0.2) is 0 Å². The van der Waals surface area contributed by atoms with Crippen LogP contribution in [0.25, 0.3) is 0 Å². The van der Waals surface area contributed by atoms with Crippen LogP contribution in [0.15, 0.2) is 46.9 Å². The molecule has 0 aliphatic carbocycles. The third-order valence-corrected chi connectivity index (χ3v) is 3.46. The highest BCUT2D eigenvalue weighted by Crippen LogP contribution is 2.21. The van der Waals surface area contributed by atoms with Gasteiger partial charge in [0.25, 0.3) is 0 Å². The van der Waals surface area contributed by atoms with Gasteiger partial charge < -0.3 is 19.6 Å². The van der Waals surface area contributed by atoms with Crippen LogP contribution in [0, 0.1) is 6.92 Å². The van der Waals surface area contributed by atoms with Crippen LogP contribution in [0.2, 0.25) is 0 Å². The van der Waals surface area contributed by atoms with Crippen LogP contribution in [0.1, 0.15) is 31.3 Å². The van der Waals surface area contributed by atoms with E-state index in [1.807, 2.05) is 37.3 Å². The van der Waals surface area contributed by atoms with Crippen LogP contribution in [-0.2, 0) is 10.4 Å². The zero-order chi connectivity index (χ0) is 16.7. The molecule has 5 heteroatoms. The molecule has 0 aliphatic rings. The lowest BCUT2D eigenvalue weighted by Gasteiger charge is -2.21. The fraction of sp³-hybridized carbons (Fsp3) is 0.389. The smallest absolute Gasteiger partial charge is 0.220 e. The number of furan rings is 1. The zero-order valence-electron chi connectivity index (χ0n) is 13.5. The van der Waals surface area contributed by atoms with Crippen molar-refractivity contribution >= 4 is 5.91 Å². The molecule has 0 aliphatic heterocycles. The van der Waals surface area contributed by atoms with Gasteiger partial charge in [0.2, 0.25) is 5.91 Å². The van der Waals surface area contributed by atoms with Crippen molar-refractivity contribution in [1.29, 1.82) is 0 Å². The van der Waals surface area contributed by atoms with Crippen LogP contribution in [0.4, 0.5) is 0 Å². The number of rotatable bonds is 8. The summed E-state index contributed by atoms with van der Waals surface area (Å²) in [6, 6.07) is 13.0. The first-order valence-electron chi connectivity index (χ1n) is 7.71. The Kier molecular flexibility index (Phi) is 5.82. The van der Waals surface area contributed by atoms with Crippen molar-refractivity contribution in [1.82, 2.24) is 5.32 Å². The van der Waals surface area contributed by atoms with Gasteiger partial charge in [-0.25, -0.2) is 0 Å². The number of amides is 1. The number of aliphatic hydroxyl groups is 1. The maximum atomic E-state index is 11.8. The number of carbonyl (C=O) groups excluding carboxylic acids is 1. The van der Waals surface area contributed by atoms with E-state index < -0.39 is 5.60 Å². The lowest BCUT2D eigenvalue weighted by Crippen LogP contribution is -2.38. The minimum atomic E-state index is -1.22. The lowest BCUT2D eigenvalue weighted by atomic mass is 10.0. The Hall–Kier alpha value is -2.27. The molecule has 124 valence electrons. The van der Waals surface area contributed by atoms with E-state index in [4.69, 9.17) is 9.15 Å². The topological polar surface area (TPSA) is 71.7 Å². The monoisotopic (exact) mass is 317 g/mol. The molecule has 23 heavy (non-hydrogen) atoms. The Bertz CT molecular complexity index is 619. The van der Waals surface area contributed by atoms with Gasteiger partial charge >= 0.3 is 0 Å². The molecule has 0 saturated carbocycles. The summed E-state index contributed by atoms with van der Waals surface area (Å²) in [6.07, 6.45) is 0.961. The second-order valence-electron chi connectivity index (χ2n) is 5.73. The molecule has 2 rings (SSSR count). The van der Waals surface area contributed by atoms with E-state index in [-0.39, 0.29) is 12.5 Å². The van der Waals surface area contributed by atoms with Gasteiger partial charge in [0.05, 0.1) is 13.2 Å². The van der Waals surface area contributed by atoms with Crippen molar-refractivity contribution in [3.8, 4) is 5.75 Å². The first-order valence-corrected chi connectivity index (χ1v) is 7.71. The Balaban J connectivity index is 1.67. The molecule has 1 amide bonds. The Morgan fingerprint density at radius 1 is 1.26 bits per heavy atom. The molecule has 0 bridgehead atoms. The maximum Gasteiger partial charge on any atom is 0.220 e. The van der Waals surface area contributed by atoms with Gasteiger partial charge in [-0.05, 0) is 44.5 Å². The highest BCUT2D eigenvalue weighted by molar-refractivity contribution is 5.75. The summed E-state index contributed by atoms with van der Waals surface area (Å²) in [7, 11) is 0. The van der Waals surface area contributed by atoms with Crippen molar-refractivity contribution in [3.63, 3.8) is 0 Å². The molecule has 0 radical (unpaired) electrons. The summed E-state index contributed by atoms with van der Waals surface area (Å²) in [5.74, 6) is 1.85. The number of benzene rings is 1. The molecular formula is C18H23NO4. The van der Waals surface area contributed by atoms with Crippen molar-refractivity contribution in [3.05, 3.63) is 54.0 Å². The lowest BCUT2D eigenvalue weighted by molar-refractivity contribution is -0.122. The van der Waals surface area contributed by atoms with Crippen molar-refractivity contribution in [2.24, 2.45) is 0 Å². The molecule has 1 unspecified atom stereocenters. The van der Waals surface area contributed by atoms with E-state index in [1.165, 1.54) is 0 Å². The molecule has 0 fully saturated rings. The molecule has 5 nitrogen and oxygen atoms in total. The minimum absolute atomic E-state index is 0.109. The second kappa shape index (κ2) is 7.83. The Morgan fingerprint density at radius 3 is 2.65 bits per heavy atom. The maximum absolute atomic E-state index is 11.8. The summed E-state index contributed by atoms with van der Waals surface area (Å²) in [5.41, 5.74) is -1.22. The number of nitrogens with one attached hydrogen (secondary N) is 1. The van der Waals surface area contributed by atoms with Gasteiger partial charge in [0.1, 0.15) is 22.9 Å². The van der Waals surface area contributed by atoms with Crippen molar-refractivity contribution < 1.29 is 19.1 Å². The zero-order valence-corrected chi connectivity index (χ0v) is 13.5. The summed E-state index contributed by atoms with van der Waals surface area (Å²) in [6.45, 7) is 4.01. The SMILES string of the molecule is Cc1ccc(C(C)(O)CNC(=O)CCCOc2ccccc2)o1. The average Bonchev–Trinajstić information content (AvgIpc) is 2.98. The van der Waals surface area contributed by atoms with Crippen LogP contribution in [0.5, 0.6) is 5.75 Å². The fourth-order valence-electron chi connectivity index (χ4n) is 2.11. The van der Waals surface area contributed by atoms with Gasteiger partial charge in [0, 0.05) is 6.42 Å². The van der Waals surface area contributed by atoms with E-state index in [0.717, 1.165) is 11.5 Å². The predicted molar refractivity (Wildman–Crippen MR) is 87.2 cm³/mol. The summed E-state index contributed by atoms with van der Waals surface area (Å²) in [4.78, 5) is 11.8. The van der Waals surface area contributed by atoms with Crippen molar-refractivity contribution in [2.75, 3.05) is 13.2 Å². The van der Waals surface area contributed by atoms with E-state index in [2.05, 4.69) is 5.32 Å². The molecular weight excluding hydrogens is 294 g/mol. The Morgan fingerprint density at radius 2 is 2.00 bits per heavy atom. The molecule has 1 aromatic carbocycles. The molecule has 1 atom stereocenters. The van der Waals surface area contributed by atoms with Gasteiger partial charge in [-0.15, -0.1) is 0 Å². The third kappa shape index (κ3) is 5.45. The van der Waals surface area contributed by atoms with Gasteiger partial charge in [-0.2, -0.15) is 0 Å². The number of hydrogen-bond acceptors (Lipinski definition) is 4. The highest BCUT2D eigenvalue weighted by Gasteiger charge is 2.27. The minimum Gasteiger partial charge on any atom is -0.494 e. The summed E-state index contributed by atoms with van der Waals surface area (Å²) >= 11 is 0. The molecule has 0 spiro atoms. The normalized spacial score (nSPS) is 13.3. The second-order valence-corrected chi connectivity index (χ2v) is 5.73. The number of ether oxygens (including phenoxy) is 1. The number of para-hydroxylation sites is 1. The van der Waals surface area contributed by atoms with Gasteiger partial charge in [-0.3, -0.25) is 4.79 Å². The van der Waals surface area contributed by atoms with Crippen molar-refractivity contribution in [2.45, 2.75) is 32.3 Å². The molecule has 1 aromatic heterocycles. The largest absolute Gasteiger partial charge is 0.494 e. The number of aryl methyl sites for hydroxylation is 1. The van der Waals surface area contributed by atoms with E-state index in [1.54, 1.807) is 19.1 Å². The molecule has 1 heterocycles. The molecule has 0 saturated heterocycles. The van der Waals surface area contributed by atoms with Gasteiger partial charge in [-0.1, -0.05) is 18.2 Å². The van der Waals surface area contributed by atoms with E-state index in [0.29, 0.717) is 25.2 Å². The first kappa shape index (κ1) is 17.1. The predicted octanol–water partition coefficient (Wildman–Crippen LogP) is 2.77. The molecule has 2 aromatic rings. The van der Waals surface area contributed by atoms with E-state index in [9.17, 15) is 9.90 Å². The highest BCUT2D eigenvalue weighted by atomic mass is 16.5. The average molecular weight is 317 g/mol. The van der Waals surface area contributed by atoms with Crippen LogP contribution in [0.3, 0.4) is 0 Å². The summed E-state index contributed by atoms with van der Waals surface area (Å²) < 4.78 is 10.9. The first-order chi connectivity index (χ1) is 11.0. The molecule has 2 N–H and O–H groups in total. The fourth-order valence-corrected chi connectivity index (χ4v) is 2.11. The Labute approximate surface area is 136 Å². The van der Waals surface area contributed by atoms with Crippen LogP contribution in [-0.4, -0.2) is 24.2 Å². The third-order valence-electron chi connectivity index (χ3n) is 3.46. The van der Waals surface area contributed by atoms with Crippen LogP contribution < -0.4 is 10.1 Å². The standard InChI is InChI=1S/C18H23NO4/c1-14-10-11-16(23-14)18(2,21)13-19-17(20)9-6-12-22-15-7-4-3-5-8-15/h3-5,7-8,10-11,21H,6,9,12-13H2,1-2H3,(H,19,20). The summed E-state index contributed by atoms with van der Waals surface area (Å²) in [5, 5.41) is 13.1.